The maximum atomic E-state index is 11.4. The molecular weight excluding hydrogens is 242 g/mol. The Kier molecular flexibility index (Phi) is 6.36. The van der Waals surface area contributed by atoms with Gasteiger partial charge in [-0.05, 0) is 39.3 Å². The number of carbonyl (C=O) groups excluding carboxylic acids is 1. The summed E-state index contributed by atoms with van der Waals surface area (Å²) in [5.74, 6) is 0.763. The molecule has 0 aliphatic rings. The molecule has 0 heterocycles. The Hall–Kier alpha value is -1.55. The van der Waals surface area contributed by atoms with E-state index in [0.29, 0.717) is 13.2 Å². The summed E-state index contributed by atoms with van der Waals surface area (Å²) in [7, 11) is 0. The molecule has 0 aliphatic carbocycles. The first kappa shape index (κ1) is 15.5. The number of benzene rings is 1. The second-order valence-electron chi connectivity index (χ2n) is 5.27. The Labute approximate surface area is 115 Å². The Morgan fingerprint density at radius 3 is 2.53 bits per heavy atom. The normalized spacial score (nSPS) is 11.1. The van der Waals surface area contributed by atoms with Crippen LogP contribution >= 0.6 is 0 Å². The van der Waals surface area contributed by atoms with Crippen molar-refractivity contribution in [3.05, 3.63) is 30.3 Å². The number of nitrogens with one attached hydrogen (secondary N) is 1. The van der Waals surface area contributed by atoms with Crippen LogP contribution in [0.5, 0.6) is 5.75 Å². The van der Waals surface area contributed by atoms with Gasteiger partial charge in [-0.1, -0.05) is 18.2 Å². The molecular formula is C15H23NO3. The number of rotatable bonds is 7. The molecule has 4 heteroatoms. The van der Waals surface area contributed by atoms with Gasteiger partial charge in [0, 0.05) is 6.54 Å². The minimum atomic E-state index is -0.284. The Morgan fingerprint density at radius 1 is 1.21 bits per heavy atom. The predicted molar refractivity (Wildman–Crippen MR) is 75.3 cm³/mol. The molecule has 0 unspecified atom stereocenters. The van der Waals surface area contributed by atoms with Crippen molar-refractivity contribution in [2.75, 3.05) is 19.8 Å². The van der Waals surface area contributed by atoms with Crippen molar-refractivity contribution in [1.82, 2.24) is 5.32 Å². The molecule has 0 atom stereocenters. The first-order chi connectivity index (χ1) is 8.97. The molecule has 19 heavy (non-hydrogen) atoms. The third kappa shape index (κ3) is 8.21. The lowest BCUT2D eigenvalue weighted by atomic mass is 10.2. The minimum absolute atomic E-state index is 0.0883. The number of para-hydroxylation sites is 1. The average molecular weight is 265 g/mol. The van der Waals surface area contributed by atoms with Gasteiger partial charge in [-0.25, -0.2) is 0 Å². The lowest BCUT2D eigenvalue weighted by molar-refractivity contribution is -0.130. The molecule has 0 spiro atoms. The monoisotopic (exact) mass is 265 g/mol. The summed E-state index contributed by atoms with van der Waals surface area (Å²) in [6, 6.07) is 9.63. The molecule has 1 aromatic carbocycles. The Morgan fingerprint density at radius 2 is 1.89 bits per heavy atom. The lowest BCUT2D eigenvalue weighted by Gasteiger charge is -2.18. The number of hydrogen-bond donors (Lipinski definition) is 1. The molecule has 0 radical (unpaired) electrons. The van der Waals surface area contributed by atoms with Crippen molar-refractivity contribution in [2.24, 2.45) is 0 Å². The quantitative estimate of drug-likeness (QED) is 0.770. The molecule has 106 valence electrons. The Balaban J connectivity index is 2.03. The van der Waals surface area contributed by atoms with Crippen molar-refractivity contribution in [2.45, 2.75) is 32.8 Å². The van der Waals surface area contributed by atoms with E-state index in [1.807, 2.05) is 51.1 Å². The van der Waals surface area contributed by atoms with Crippen LogP contribution in [0.4, 0.5) is 0 Å². The molecule has 0 aromatic heterocycles. The van der Waals surface area contributed by atoms with E-state index in [2.05, 4.69) is 5.32 Å². The fraction of sp³-hybridized carbons (Fsp3) is 0.533. The van der Waals surface area contributed by atoms with Gasteiger partial charge in [0.1, 0.15) is 12.4 Å². The van der Waals surface area contributed by atoms with E-state index < -0.39 is 0 Å². The van der Waals surface area contributed by atoms with Crippen molar-refractivity contribution >= 4 is 5.91 Å². The number of hydrogen-bond acceptors (Lipinski definition) is 3. The molecule has 1 N–H and O–H groups in total. The summed E-state index contributed by atoms with van der Waals surface area (Å²) in [6.45, 7) is 7.06. The van der Waals surface area contributed by atoms with Gasteiger partial charge >= 0.3 is 0 Å². The van der Waals surface area contributed by atoms with Crippen molar-refractivity contribution < 1.29 is 14.3 Å². The number of ether oxygens (including phenoxy) is 2. The van der Waals surface area contributed by atoms with Crippen molar-refractivity contribution in [3.8, 4) is 5.75 Å². The van der Waals surface area contributed by atoms with Crippen LogP contribution in [-0.2, 0) is 9.53 Å². The zero-order chi connectivity index (χ0) is 14.1. The summed E-state index contributed by atoms with van der Waals surface area (Å²) in [5.41, 5.74) is -0.284. The largest absolute Gasteiger partial charge is 0.494 e. The highest BCUT2D eigenvalue weighted by Crippen LogP contribution is 2.08. The second-order valence-corrected chi connectivity index (χ2v) is 5.27. The van der Waals surface area contributed by atoms with Crippen LogP contribution in [0.25, 0.3) is 0 Å². The maximum absolute atomic E-state index is 11.4. The highest BCUT2D eigenvalue weighted by Gasteiger charge is 2.12. The summed E-state index contributed by atoms with van der Waals surface area (Å²) in [6.07, 6.45) is 0.774. The van der Waals surface area contributed by atoms with E-state index in [0.717, 1.165) is 12.2 Å². The van der Waals surface area contributed by atoms with E-state index in [4.69, 9.17) is 9.47 Å². The molecule has 0 saturated heterocycles. The highest BCUT2D eigenvalue weighted by molar-refractivity contribution is 5.77. The zero-order valence-electron chi connectivity index (χ0n) is 11.9. The van der Waals surface area contributed by atoms with Crippen molar-refractivity contribution in [3.63, 3.8) is 0 Å². The molecule has 1 aromatic rings. The van der Waals surface area contributed by atoms with Crippen molar-refractivity contribution in [1.29, 1.82) is 0 Å². The summed E-state index contributed by atoms with van der Waals surface area (Å²) >= 11 is 0. The molecule has 1 amide bonds. The van der Waals surface area contributed by atoms with Crippen LogP contribution in [-0.4, -0.2) is 31.3 Å². The number of amides is 1. The van der Waals surface area contributed by atoms with Crippen LogP contribution in [0, 0.1) is 0 Å². The first-order valence-corrected chi connectivity index (χ1v) is 6.56. The highest BCUT2D eigenvalue weighted by atomic mass is 16.5. The third-order valence-corrected chi connectivity index (χ3v) is 2.29. The molecule has 4 nitrogen and oxygen atoms in total. The topological polar surface area (TPSA) is 47.6 Å². The zero-order valence-corrected chi connectivity index (χ0v) is 11.9. The van der Waals surface area contributed by atoms with Gasteiger partial charge in [0.15, 0.2) is 0 Å². The van der Waals surface area contributed by atoms with Crippen LogP contribution in [0.1, 0.15) is 27.2 Å². The average Bonchev–Trinajstić information content (AvgIpc) is 2.36. The van der Waals surface area contributed by atoms with Gasteiger partial charge in [-0.3, -0.25) is 4.79 Å². The third-order valence-electron chi connectivity index (χ3n) is 2.29. The van der Waals surface area contributed by atoms with Gasteiger partial charge in [0.05, 0.1) is 12.2 Å². The molecule has 0 bridgehead atoms. The maximum Gasteiger partial charge on any atom is 0.246 e. The smallest absolute Gasteiger partial charge is 0.246 e. The van der Waals surface area contributed by atoms with E-state index >= 15 is 0 Å². The van der Waals surface area contributed by atoms with Gasteiger partial charge in [-0.15, -0.1) is 0 Å². The predicted octanol–water partition coefficient (Wildman–Crippen LogP) is 2.39. The fourth-order valence-corrected chi connectivity index (χ4v) is 1.34. The Bertz CT molecular complexity index is 371. The molecule has 0 aliphatic heterocycles. The van der Waals surface area contributed by atoms with Gasteiger partial charge in [-0.2, -0.15) is 0 Å². The van der Waals surface area contributed by atoms with Gasteiger partial charge in [0.25, 0.3) is 0 Å². The van der Waals surface area contributed by atoms with Gasteiger partial charge < -0.3 is 14.8 Å². The van der Waals surface area contributed by atoms with Crippen LogP contribution < -0.4 is 10.1 Å². The minimum Gasteiger partial charge on any atom is -0.494 e. The number of carbonyl (C=O) groups is 1. The first-order valence-electron chi connectivity index (χ1n) is 6.56. The standard InChI is InChI=1S/C15H23NO3/c1-15(2,3)19-12-14(17)16-10-7-11-18-13-8-5-4-6-9-13/h4-6,8-9H,7,10-12H2,1-3H3,(H,16,17). The van der Waals surface area contributed by atoms with Crippen LogP contribution in [0.3, 0.4) is 0 Å². The van der Waals surface area contributed by atoms with Crippen LogP contribution in [0.2, 0.25) is 0 Å². The van der Waals surface area contributed by atoms with Crippen LogP contribution in [0.15, 0.2) is 30.3 Å². The lowest BCUT2D eigenvalue weighted by Crippen LogP contribution is -2.33. The summed E-state index contributed by atoms with van der Waals surface area (Å²) in [5, 5.41) is 2.80. The molecule has 1 rings (SSSR count). The summed E-state index contributed by atoms with van der Waals surface area (Å²) in [4.78, 5) is 11.4. The molecule has 0 saturated carbocycles. The van der Waals surface area contributed by atoms with E-state index in [1.165, 1.54) is 0 Å². The van der Waals surface area contributed by atoms with E-state index in [-0.39, 0.29) is 18.1 Å². The van der Waals surface area contributed by atoms with E-state index in [9.17, 15) is 4.79 Å². The fourth-order valence-electron chi connectivity index (χ4n) is 1.34. The second kappa shape index (κ2) is 7.79. The summed E-state index contributed by atoms with van der Waals surface area (Å²) < 4.78 is 10.9. The SMILES string of the molecule is CC(C)(C)OCC(=O)NCCCOc1ccccc1. The molecule has 0 fully saturated rings. The van der Waals surface area contributed by atoms with Gasteiger partial charge in [0.2, 0.25) is 5.91 Å². The van der Waals surface area contributed by atoms with E-state index in [1.54, 1.807) is 0 Å².